The van der Waals surface area contributed by atoms with E-state index in [4.69, 9.17) is 5.73 Å². The van der Waals surface area contributed by atoms with Crippen molar-refractivity contribution in [1.29, 1.82) is 0 Å². The molecule has 0 spiro atoms. The monoisotopic (exact) mass is 241 g/mol. The summed E-state index contributed by atoms with van der Waals surface area (Å²) in [5.41, 5.74) is 10.1. The number of pyridine rings is 1. The topological polar surface area (TPSA) is 42.1 Å². The van der Waals surface area contributed by atoms with E-state index in [9.17, 15) is 0 Å². The number of para-hydroxylation sites is 1. The van der Waals surface area contributed by atoms with Crippen LogP contribution in [-0.2, 0) is 6.54 Å². The predicted molar refractivity (Wildman–Crippen MR) is 76.6 cm³/mol. The Morgan fingerprint density at radius 1 is 1.22 bits per heavy atom. The summed E-state index contributed by atoms with van der Waals surface area (Å²) in [6.07, 6.45) is 1.76. The van der Waals surface area contributed by atoms with E-state index >= 15 is 0 Å². The number of anilines is 2. The molecule has 1 aromatic heterocycles. The fraction of sp³-hybridized carbons (Fsp3) is 0.267. The smallest absolute Gasteiger partial charge is 0.0617 e. The van der Waals surface area contributed by atoms with Crippen molar-refractivity contribution in [3.05, 3.63) is 53.9 Å². The Bertz CT molecular complexity index is 523. The zero-order valence-electron chi connectivity index (χ0n) is 10.9. The van der Waals surface area contributed by atoms with Crippen LogP contribution in [0.2, 0.25) is 0 Å². The Morgan fingerprint density at radius 2 is 2.00 bits per heavy atom. The highest BCUT2D eigenvalue weighted by Gasteiger charge is 2.08. The van der Waals surface area contributed by atoms with Crippen LogP contribution in [0.15, 0.2) is 42.6 Å². The third-order valence-corrected chi connectivity index (χ3v) is 3.03. The first-order chi connectivity index (χ1) is 8.70. The third-order valence-electron chi connectivity index (χ3n) is 3.03. The van der Waals surface area contributed by atoms with Gasteiger partial charge in [-0.05, 0) is 37.6 Å². The van der Waals surface area contributed by atoms with Gasteiger partial charge in [-0.25, -0.2) is 0 Å². The lowest BCUT2D eigenvalue weighted by atomic mass is 10.1. The minimum Gasteiger partial charge on any atom is -0.399 e. The molecule has 0 radical (unpaired) electrons. The molecule has 0 saturated carbocycles. The molecule has 3 nitrogen and oxygen atoms in total. The standard InChI is InChI=1S/C15H19N3/c1-3-18(15-7-5-4-6-12(15)2)11-14-10-13(16)8-9-17-14/h4-10H,3,11H2,1-2H3,(H2,16,17). The first-order valence-corrected chi connectivity index (χ1v) is 6.21. The summed E-state index contributed by atoms with van der Waals surface area (Å²) in [5, 5.41) is 0. The first-order valence-electron chi connectivity index (χ1n) is 6.21. The SMILES string of the molecule is CCN(Cc1cc(N)ccn1)c1ccccc1C. The lowest BCUT2D eigenvalue weighted by Crippen LogP contribution is -2.23. The van der Waals surface area contributed by atoms with Gasteiger partial charge in [0.1, 0.15) is 0 Å². The number of nitrogens with zero attached hydrogens (tertiary/aromatic N) is 2. The highest BCUT2D eigenvalue weighted by Crippen LogP contribution is 2.21. The zero-order chi connectivity index (χ0) is 13.0. The lowest BCUT2D eigenvalue weighted by Gasteiger charge is -2.24. The number of hydrogen-bond acceptors (Lipinski definition) is 3. The Kier molecular flexibility index (Phi) is 3.82. The molecular formula is C15H19N3. The van der Waals surface area contributed by atoms with Gasteiger partial charge in [0, 0.05) is 24.1 Å². The molecule has 0 aliphatic heterocycles. The number of rotatable bonds is 4. The minimum absolute atomic E-state index is 0.765. The van der Waals surface area contributed by atoms with Crippen LogP contribution in [-0.4, -0.2) is 11.5 Å². The highest BCUT2D eigenvalue weighted by atomic mass is 15.1. The summed E-state index contributed by atoms with van der Waals surface area (Å²) >= 11 is 0. The molecule has 94 valence electrons. The molecule has 0 fully saturated rings. The van der Waals surface area contributed by atoms with Crippen LogP contribution in [0.25, 0.3) is 0 Å². The first kappa shape index (κ1) is 12.4. The number of nitrogens with two attached hydrogens (primary N) is 1. The van der Waals surface area contributed by atoms with Crippen LogP contribution >= 0.6 is 0 Å². The minimum atomic E-state index is 0.765. The number of aryl methyl sites for hydroxylation is 1. The van der Waals surface area contributed by atoms with E-state index in [1.54, 1.807) is 6.20 Å². The van der Waals surface area contributed by atoms with Crippen LogP contribution in [0.1, 0.15) is 18.2 Å². The van der Waals surface area contributed by atoms with Crippen LogP contribution in [0.5, 0.6) is 0 Å². The van der Waals surface area contributed by atoms with Gasteiger partial charge in [-0.15, -0.1) is 0 Å². The molecule has 0 aliphatic rings. The van der Waals surface area contributed by atoms with Crippen molar-refractivity contribution in [2.75, 3.05) is 17.2 Å². The van der Waals surface area contributed by atoms with Gasteiger partial charge < -0.3 is 10.6 Å². The maximum Gasteiger partial charge on any atom is 0.0617 e. The van der Waals surface area contributed by atoms with Crippen molar-refractivity contribution in [2.24, 2.45) is 0 Å². The molecule has 1 aromatic carbocycles. The van der Waals surface area contributed by atoms with Gasteiger partial charge in [-0.1, -0.05) is 18.2 Å². The molecular weight excluding hydrogens is 222 g/mol. The Morgan fingerprint density at radius 3 is 2.67 bits per heavy atom. The van der Waals surface area contributed by atoms with Crippen LogP contribution in [0.3, 0.4) is 0 Å². The van der Waals surface area contributed by atoms with Crippen LogP contribution < -0.4 is 10.6 Å². The van der Waals surface area contributed by atoms with E-state index in [-0.39, 0.29) is 0 Å². The van der Waals surface area contributed by atoms with Crippen molar-refractivity contribution in [2.45, 2.75) is 20.4 Å². The fourth-order valence-electron chi connectivity index (χ4n) is 2.06. The normalized spacial score (nSPS) is 10.3. The summed E-state index contributed by atoms with van der Waals surface area (Å²) in [6, 6.07) is 12.1. The Balaban J connectivity index is 2.23. The molecule has 0 atom stereocenters. The fourth-order valence-corrected chi connectivity index (χ4v) is 2.06. The number of hydrogen-bond donors (Lipinski definition) is 1. The second-order valence-electron chi connectivity index (χ2n) is 4.38. The molecule has 1 heterocycles. The second kappa shape index (κ2) is 5.54. The summed E-state index contributed by atoms with van der Waals surface area (Å²) in [5.74, 6) is 0. The zero-order valence-corrected chi connectivity index (χ0v) is 10.9. The van der Waals surface area contributed by atoms with E-state index in [2.05, 4.69) is 48.0 Å². The molecule has 0 aliphatic carbocycles. The number of aromatic nitrogens is 1. The van der Waals surface area contributed by atoms with Gasteiger partial charge in [0.05, 0.1) is 12.2 Å². The Hall–Kier alpha value is -2.03. The molecule has 2 N–H and O–H groups in total. The molecule has 0 unspecified atom stereocenters. The van der Waals surface area contributed by atoms with Crippen molar-refractivity contribution in [1.82, 2.24) is 4.98 Å². The van der Waals surface area contributed by atoms with Crippen molar-refractivity contribution in [3.8, 4) is 0 Å². The van der Waals surface area contributed by atoms with Gasteiger partial charge in [-0.3, -0.25) is 4.98 Å². The summed E-state index contributed by atoms with van der Waals surface area (Å²) in [7, 11) is 0. The molecule has 2 rings (SSSR count). The molecule has 2 aromatic rings. The quantitative estimate of drug-likeness (QED) is 0.894. The highest BCUT2D eigenvalue weighted by molar-refractivity contribution is 5.53. The van der Waals surface area contributed by atoms with E-state index in [0.29, 0.717) is 0 Å². The van der Waals surface area contributed by atoms with Crippen molar-refractivity contribution < 1.29 is 0 Å². The predicted octanol–water partition coefficient (Wildman–Crippen LogP) is 3.00. The lowest BCUT2D eigenvalue weighted by molar-refractivity contribution is 0.807. The van der Waals surface area contributed by atoms with Crippen molar-refractivity contribution in [3.63, 3.8) is 0 Å². The van der Waals surface area contributed by atoms with Gasteiger partial charge >= 0.3 is 0 Å². The third kappa shape index (κ3) is 2.80. The maximum atomic E-state index is 5.79. The van der Waals surface area contributed by atoms with Gasteiger partial charge in [-0.2, -0.15) is 0 Å². The molecule has 0 saturated heterocycles. The van der Waals surface area contributed by atoms with E-state index in [0.717, 1.165) is 24.5 Å². The largest absolute Gasteiger partial charge is 0.399 e. The maximum absolute atomic E-state index is 5.79. The van der Waals surface area contributed by atoms with Crippen LogP contribution in [0.4, 0.5) is 11.4 Å². The summed E-state index contributed by atoms with van der Waals surface area (Å²) in [6.45, 7) is 6.01. The van der Waals surface area contributed by atoms with Crippen LogP contribution in [0, 0.1) is 6.92 Å². The Labute approximate surface area is 108 Å². The molecule has 3 heteroatoms. The molecule has 18 heavy (non-hydrogen) atoms. The van der Waals surface area contributed by atoms with E-state index < -0.39 is 0 Å². The van der Waals surface area contributed by atoms with E-state index in [1.807, 2.05) is 12.1 Å². The van der Waals surface area contributed by atoms with Gasteiger partial charge in [0.2, 0.25) is 0 Å². The molecule has 0 bridgehead atoms. The number of benzene rings is 1. The summed E-state index contributed by atoms with van der Waals surface area (Å²) in [4.78, 5) is 6.66. The average Bonchev–Trinajstić information content (AvgIpc) is 2.37. The number of nitrogen functional groups attached to an aromatic ring is 1. The average molecular weight is 241 g/mol. The van der Waals surface area contributed by atoms with Gasteiger partial charge in [0.25, 0.3) is 0 Å². The van der Waals surface area contributed by atoms with Gasteiger partial charge in [0.15, 0.2) is 0 Å². The van der Waals surface area contributed by atoms with Crippen molar-refractivity contribution >= 4 is 11.4 Å². The van der Waals surface area contributed by atoms with E-state index in [1.165, 1.54) is 11.3 Å². The molecule has 0 amide bonds. The second-order valence-corrected chi connectivity index (χ2v) is 4.38. The summed E-state index contributed by atoms with van der Waals surface area (Å²) < 4.78 is 0.